The molecule has 0 aromatic rings. The minimum Gasteiger partial charge on any atom is -0.409 e. The highest BCUT2D eigenvalue weighted by Crippen LogP contribution is 2.03. The summed E-state index contributed by atoms with van der Waals surface area (Å²) in [7, 11) is 1.95. The van der Waals surface area contributed by atoms with E-state index in [9.17, 15) is 0 Å². The summed E-state index contributed by atoms with van der Waals surface area (Å²) in [6, 6.07) is 0. The molecule has 0 saturated carbocycles. The molecule has 0 N–H and O–H groups in total. The highest BCUT2D eigenvalue weighted by Gasteiger charge is 2.19. The van der Waals surface area contributed by atoms with E-state index in [2.05, 4.69) is 37.6 Å². The molecule has 3 nitrogen and oxygen atoms in total. The van der Waals surface area contributed by atoms with Crippen molar-refractivity contribution in [3.05, 3.63) is 0 Å². The van der Waals surface area contributed by atoms with Gasteiger partial charge in [0.25, 0.3) is 0 Å². The van der Waals surface area contributed by atoms with Crippen molar-refractivity contribution in [2.24, 2.45) is 5.92 Å². The fourth-order valence-electron chi connectivity index (χ4n) is 1.56. The van der Waals surface area contributed by atoms with Crippen molar-refractivity contribution in [3.8, 4) is 11.8 Å². The largest absolute Gasteiger partial charge is 0.469 e. The molecule has 0 amide bonds. The Morgan fingerprint density at radius 1 is 1.18 bits per heavy atom. The third kappa shape index (κ3) is 7.43. The molecule has 0 aromatic carbocycles. The lowest BCUT2D eigenvalue weighted by atomic mass is 9.84. The second-order valence-corrected chi connectivity index (χ2v) is 4.96. The molecule has 1 heterocycles. The summed E-state index contributed by atoms with van der Waals surface area (Å²) in [5, 5.41) is 0. The van der Waals surface area contributed by atoms with Gasteiger partial charge in [0.05, 0.1) is 0 Å². The zero-order chi connectivity index (χ0) is 12.5. The average molecular weight is 237 g/mol. The van der Waals surface area contributed by atoms with Crippen LogP contribution in [0.15, 0.2) is 0 Å². The third-order valence-corrected chi connectivity index (χ3v) is 2.79. The Morgan fingerprint density at radius 3 is 2.41 bits per heavy atom. The number of hydrogen-bond acceptors (Lipinski definition) is 3. The standard InChI is InChI=1S/C13H24BNO2/c1-13(2)7-5-4-6-8-14-16-11-9-15(3)10-12-17-14/h13H,5,7-12H2,1-3H3. The van der Waals surface area contributed by atoms with Crippen molar-refractivity contribution in [2.45, 2.75) is 33.0 Å². The van der Waals surface area contributed by atoms with E-state index < -0.39 is 0 Å². The third-order valence-electron chi connectivity index (χ3n) is 2.79. The normalized spacial score (nSPS) is 18.5. The van der Waals surface area contributed by atoms with E-state index in [1.165, 1.54) is 6.42 Å². The van der Waals surface area contributed by atoms with E-state index in [0.29, 0.717) is 6.32 Å². The minimum absolute atomic E-state index is 0.129. The van der Waals surface area contributed by atoms with E-state index in [1.807, 2.05) is 0 Å². The average Bonchev–Trinajstić information content (AvgIpc) is 2.24. The van der Waals surface area contributed by atoms with Gasteiger partial charge in [-0.25, -0.2) is 0 Å². The van der Waals surface area contributed by atoms with Crippen molar-refractivity contribution >= 4 is 7.12 Å². The van der Waals surface area contributed by atoms with Gasteiger partial charge in [-0.3, -0.25) is 0 Å². The maximum absolute atomic E-state index is 5.61. The molecular weight excluding hydrogens is 213 g/mol. The van der Waals surface area contributed by atoms with Crippen LogP contribution in [0.4, 0.5) is 0 Å². The first kappa shape index (κ1) is 14.6. The van der Waals surface area contributed by atoms with Gasteiger partial charge in [0.15, 0.2) is 0 Å². The molecule has 4 heteroatoms. The van der Waals surface area contributed by atoms with Crippen LogP contribution in [-0.4, -0.2) is 45.4 Å². The Balaban J connectivity index is 2.17. The Kier molecular flexibility index (Phi) is 7.35. The van der Waals surface area contributed by atoms with Crippen molar-refractivity contribution in [3.63, 3.8) is 0 Å². The lowest BCUT2D eigenvalue weighted by Crippen LogP contribution is -2.36. The second-order valence-electron chi connectivity index (χ2n) is 4.96. The number of hydrogen-bond donors (Lipinski definition) is 0. The topological polar surface area (TPSA) is 21.7 Å². The Morgan fingerprint density at radius 2 is 1.82 bits per heavy atom. The van der Waals surface area contributed by atoms with Gasteiger partial charge in [-0.2, -0.15) is 0 Å². The van der Waals surface area contributed by atoms with Crippen molar-refractivity contribution in [1.82, 2.24) is 4.90 Å². The summed E-state index contributed by atoms with van der Waals surface area (Å²) in [6.45, 7) is 7.85. The van der Waals surface area contributed by atoms with Gasteiger partial charge in [-0.1, -0.05) is 13.8 Å². The molecule has 1 aliphatic heterocycles. The highest BCUT2D eigenvalue weighted by atomic mass is 16.6. The van der Waals surface area contributed by atoms with E-state index in [4.69, 9.17) is 9.31 Å². The maximum Gasteiger partial charge on any atom is 0.469 e. The molecule has 17 heavy (non-hydrogen) atoms. The lowest BCUT2D eigenvalue weighted by Gasteiger charge is -2.23. The Labute approximate surface area is 106 Å². The number of likely N-dealkylation sites (N-methyl/N-ethyl adjacent to an activating group) is 1. The second kappa shape index (κ2) is 8.57. The SMILES string of the molecule is CC(C)CCC#CCB1OCCN(C)CCO1. The molecule has 0 aromatic heterocycles. The van der Waals surface area contributed by atoms with E-state index >= 15 is 0 Å². The zero-order valence-electron chi connectivity index (χ0n) is 11.4. The van der Waals surface area contributed by atoms with Crippen LogP contribution in [0, 0.1) is 17.8 Å². The molecule has 0 radical (unpaired) electrons. The van der Waals surface area contributed by atoms with Crippen LogP contribution in [0.3, 0.4) is 0 Å². The first-order chi connectivity index (χ1) is 8.18. The smallest absolute Gasteiger partial charge is 0.409 e. The van der Waals surface area contributed by atoms with Gasteiger partial charge < -0.3 is 14.2 Å². The van der Waals surface area contributed by atoms with E-state index in [0.717, 1.165) is 38.6 Å². The Bertz CT molecular complexity index is 250. The van der Waals surface area contributed by atoms with Gasteiger partial charge in [-0.15, -0.1) is 11.8 Å². The van der Waals surface area contributed by atoms with Crippen LogP contribution < -0.4 is 0 Å². The summed E-state index contributed by atoms with van der Waals surface area (Å²) in [6.07, 6.45) is 2.85. The quantitative estimate of drug-likeness (QED) is 0.552. The molecule has 0 unspecified atom stereocenters. The number of nitrogens with zero attached hydrogens (tertiary/aromatic N) is 1. The van der Waals surface area contributed by atoms with Crippen LogP contribution >= 0.6 is 0 Å². The molecule has 1 fully saturated rings. The van der Waals surface area contributed by atoms with E-state index in [-0.39, 0.29) is 7.12 Å². The van der Waals surface area contributed by atoms with Gasteiger partial charge in [0.1, 0.15) is 0 Å². The van der Waals surface area contributed by atoms with Crippen LogP contribution in [0.5, 0.6) is 0 Å². The fraction of sp³-hybridized carbons (Fsp3) is 0.846. The summed E-state index contributed by atoms with van der Waals surface area (Å²) in [5.41, 5.74) is 0. The summed E-state index contributed by atoms with van der Waals surface area (Å²) >= 11 is 0. The highest BCUT2D eigenvalue weighted by molar-refractivity contribution is 6.45. The van der Waals surface area contributed by atoms with Crippen molar-refractivity contribution in [1.29, 1.82) is 0 Å². The van der Waals surface area contributed by atoms with Gasteiger partial charge in [0, 0.05) is 39.0 Å². The molecule has 1 saturated heterocycles. The van der Waals surface area contributed by atoms with E-state index in [1.54, 1.807) is 0 Å². The van der Waals surface area contributed by atoms with Crippen LogP contribution in [0.2, 0.25) is 6.32 Å². The Hall–Kier alpha value is -0.495. The first-order valence-corrected chi connectivity index (χ1v) is 6.56. The van der Waals surface area contributed by atoms with Crippen LogP contribution in [0.25, 0.3) is 0 Å². The van der Waals surface area contributed by atoms with Crippen molar-refractivity contribution < 1.29 is 9.31 Å². The minimum atomic E-state index is -0.129. The maximum atomic E-state index is 5.61. The predicted octanol–water partition coefficient (Wildman–Crippen LogP) is 1.89. The predicted molar refractivity (Wildman–Crippen MR) is 71.8 cm³/mol. The molecule has 0 aliphatic carbocycles. The summed E-state index contributed by atoms with van der Waals surface area (Å²) < 4.78 is 11.2. The van der Waals surface area contributed by atoms with Gasteiger partial charge in [-0.05, 0) is 19.4 Å². The zero-order valence-corrected chi connectivity index (χ0v) is 11.4. The first-order valence-electron chi connectivity index (χ1n) is 6.56. The monoisotopic (exact) mass is 237 g/mol. The molecular formula is C13H24BNO2. The molecule has 0 atom stereocenters. The van der Waals surface area contributed by atoms with Gasteiger partial charge >= 0.3 is 7.12 Å². The fourth-order valence-corrected chi connectivity index (χ4v) is 1.56. The van der Waals surface area contributed by atoms with Crippen LogP contribution in [-0.2, 0) is 9.31 Å². The van der Waals surface area contributed by atoms with Crippen molar-refractivity contribution in [2.75, 3.05) is 33.4 Å². The van der Waals surface area contributed by atoms with Crippen LogP contribution in [0.1, 0.15) is 26.7 Å². The molecule has 0 spiro atoms. The lowest BCUT2D eigenvalue weighted by molar-refractivity contribution is 0.126. The summed E-state index contributed by atoms with van der Waals surface area (Å²) in [5.74, 6) is 7.07. The van der Waals surface area contributed by atoms with Gasteiger partial charge in [0.2, 0.25) is 0 Å². The number of rotatable bonds is 3. The molecule has 96 valence electrons. The molecule has 1 aliphatic rings. The molecule has 1 rings (SSSR count). The molecule has 0 bridgehead atoms. The summed E-state index contributed by atoms with van der Waals surface area (Å²) in [4.78, 5) is 2.21.